The smallest absolute Gasteiger partial charge is 0.351 e. The number of anilines is 1. The molecule has 3 N–H and O–H groups in total. The molecule has 1 saturated heterocycles. The summed E-state index contributed by atoms with van der Waals surface area (Å²) in [4.78, 5) is 18.5. The second kappa shape index (κ2) is 7.17. The number of nitrogen functional groups attached to an aromatic ring is 1. The van der Waals surface area contributed by atoms with E-state index in [1.165, 1.54) is 12.3 Å². The fourth-order valence-electron chi connectivity index (χ4n) is 1.78. The minimum atomic E-state index is -0.918. The third kappa shape index (κ3) is 3.72. The highest BCUT2D eigenvalue weighted by molar-refractivity contribution is 5.23. The van der Waals surface area contributed by atoms with Crippen molar-refractivity contribution in [2.75, 3.05) is 12.3 Å². The minimum absolute atomic E-state index is 0.0855. The van der Waals surface area contributed by atoms with E-state index in [0.29, 0.717) is 0 Å². The maximum atomic E-state index is 11.7. The first kappa shape index (κ1) is 15.5. The zero-order chi connectivity index (χ0) is 14.4. The summed E-state index contributed by atoms with van der Waals surface area (Å²) in [6, 6.07) is 1.41. The molecule has 108 valence electrons. The summed E-state index contributed by atoms with van der Waals surface area (Å²) in [5.41, 5.74) is 4.71. The molecule has 1 aromatic heterocycles. The van der Waals surface area contributed by atoms with Gasteiger partial charge in [0.2, 0.25) is 0 Å². The average Bonchev–Trinajstić information content (AvgIpc) is 2.73. The van der Waals surface area contributed by atoms with Crippen LogP contribution in [-0.4, -0.2) is 33.5 Å². The van der Waals surface area contributed by atoms with Gasteiger partial charge in [-0.05, 0) is 10.6 Å². The van der Waals surface area contributed by atoms with Gasteiger partial charge in [0.15, 0.2) is 6.23 Å². The van der Waals surface area contributed by atoms with Crippen LogP contribution in [0, 0.1) is 0 Å². The highest BCUT2D eigenvalue weighted by atomic mass is 19.3. The van der Waals surface area contributed by atoms with Crippen molar-refractivity contribution in [1.29, 1.82) is 0 Å². The second-order valence-electron chi connectivity index (χ2n) is 3.77. The van der Waals surface area contributed by atoms with Gasteiger partial charge in [0.1, 0.15) is 18.5 Å². The number of halogens is 1. The summed E-state index contributed by atoms with van der Waals surface area (Å²) in [5.74, 6) is 0.0855. The molecular weight excluding hydrogens is 257 g/mol. The predicted molar refractivity (Wildman–Crippen MR) is 65.9 cm³/mol. The Bertz CT molecular complexity index is 454. The quantitative estimate of drug-likeness (QED) is 0.828. The zero-order valence-electron chi connectivity index (χ0n) is 10.8. The molecule has 8 heteroatoms. The number of rotatable bonds is 3. The highest BCUT2D eigenvalue weighted by Gasteiger charge is 2.36. The van der Waals surface area contributed by atoms with Gasteiger partial charge in [-0.15, -0.1) is 0 Å². The lowest BCUT2D eigenvalue weighted by atomic mass is 10.2. The summed E-state index contributed by atoms with van der Waals surface area (Å²) in [7, 11) is 0. The van der Waals surface area contributed by atoms with E-state index < -0.39 is 24.1 Å². The van der Waals surface area contributed by atoms with Crippen LogP contribution in [0.25, 0.3) is 0 Å². The third-order valence-corrected chi connectivity index (χ3v) is 2.54. The first-order valence-corrected chi connectivity index (χ1v) is 6.03. The molecular formula is C11H18FN3O4. The Labute approximate surface area is 109 Å². The van der Waals surface area contributed by atoms with E-state index in [4.69, 9.17) is 10.5 Å². The molecule has 3 atom stereocenters. The third-order valence-electron chi connectivity index (χ3n) is 2.54. The van der Waals surface area contributed by atoms with Crippen molar-refractivity contribution in [3.05, 3.63) is 22.7 Å². The molecule has 2 heterocycles. The molecule has 3 unspecified atom stereocenters. The van der Waals surface area contributed by atoms with Crippen molar-refractivity contribution < 1.29 is 19.3 Å². The minimum Gasteiger partial charge on any atom is -0.388 e. The van der Waals surface area contributed by atoms with Crippen LogP contribution in [-0.2, 0) is 9.68 Å². The molecule has 1 aliphatic heterocycles. The first-order chi connectivity index (χ1) is 9.11. The van der Waals surface area contributed by atoms with Crippen molar-refractivity contribution in [3.63, 3.8) is 0 Å². The largest absolute Gasteiger partial charge is 0.388 e. The topological polar surface area (TPSA) is 99.6 Å². The van der Waals surface area contributed by atoms with Gasteiger partial charge >= 0.3 is 5.69 Å². The van der Waals surface area contributed by atoms with Gasteiger partial charge in [0.25, 0.3) is 0 Å². The van der Waals surface area contributed by atoms with Crippen LogP contribution < -0.4 is 11.4 Å². The Balaban J connectivity index is 0.000000861. The lowest BCUT2D eigenvalue weighted by Gasteiger charge is -2.16. The number of aromatic nitrogens is 2. The molecule has 0 saturated carbocycles. The molecule has 0 amide bonds. The van der Waals surface area contributed by atoms with Crippen LogP contribution in [0.2, 0.25) is 0 Å². The summed E-state index contributed by atoms with van der Waals surface area (Å²) in [5, 5.41) is 9.71. The molecule has 0 aliphatic carbocycles. The Morgan fingerprint density at radius 3 is 2.95 bits per heavy atom. The number of nitrogens with zero attached hydrogens (tertiary/aromatic N) is 2. The van der Waals surface area contributed by atoms with E-state index in [-0.39, 0.29) is 18.8 Å². The number of aliphatic hydroxyl groups excluding tert-OH is 1. The molecule has 0 radical (unpaired) electrons. The molecule has 1 aromatic rings. The standard InChI is InChI=1S/C9H12FN3O4.C2H6/c10-16-4-5-3-6(14)8(17-5)13-2-1-7(11)12-9(13)15;1-2/h1-2,5-6,8,14H,3-4H2,(H2,11,12,15);1-2H3. The van der Waals surface area contributed by atoms with Crippen molar-refractivity contribution in [2.24, 2.45) is 0 Å². The number of aliphatic hydroxyl groups is 1. The fourth-order valence-corrected chi connectivity index (χ4v) is 1.78. The Hall–Kier alpha value is -1.51. The van der Waals surface area contributed by atoms with E-state index in [2.05, 4.69) is 9.93 Å². The first-order valence-electron chi connectivity index (χ1n) is 6.03. The summed E-state index contributed by atoms with van der Waals surface area (Å²) in [6.45, 7) is 3.71. The second-order valence-corrected chi connectivity index (χ2v) is 3.77. The van der Waals surface area contributed by atoms with E-state index in [0.717, 1.165) is 4.57 Å². The predicted octanol–water partition coefficient (Wildman–Crippen LogP) is 0.401. The van der Waals surface area contributed by atoms with Gasteiger partial charge in [-0.1, -0.05) is 13.8 Å². The average molecular weight is 275 g/mol. The molecule has 1 aliphatic rings. The summed E-state index contributed by atoms with van der Waals surface area (Å²) >= 11 is 0. The summed E-state index contributed by atoms with van der Waals surface area (Å²) in [6.07, 6.45) is -0.846. The van der Waals surface area contributed by atoms with Gasteiger partial charge in [0.05, 0.1) is 6.10 Å². The van der Waals surface area contributed by atoms with E-state index in [9.17, 15) is 14.4 Å². The monoisotopic (exact) mass is 275 g/mol. The van der Waals surface area contributed by atoms with Gasteiger partial charge in [0, 0.05) is 12.6 Å². The fraction of sp³-hybridized carbons (Fsp3) is 0.636. The molecule has 0 spiro atoms. The number of nitrogens with two attached hydrogens (primary N) is 1. The SMILES string of the molecule is CC.Nc1ccn(C2OC(COF)CC2O)c(=O)n1. The van der Waals surface area contributed by atoms with Crippen molar-refractivity contribution in [2.45, 2.75) is 38.7 Å². The van der Waals surface area contributed by atoms with Gasteiger partial charge in [-0.3, -0.25) is 4.57 Å². The van der Waals surface area contributed by atoms with Crippen LogP contribution >= 0.6 is 0 Å². The van der Waals surface area contributed by atoms with E-state index in [1.54, 1.807) is 0 Å². The summed E-state index contributed by atoms with van der Waals surface area (Å²) < 4.78 is 18.1. The molecule has 19 heavy (non-hydrogen) atoms. The lowest BCUT2D eigenvalue weighted by molar-refractivity contribution is -0.169. The van der Waals surface area contributed by atoms with E-state index >= 15 is 0 Å². The van der Waals surface area contributed by atoms with Gasteiger partial charge < -0.3 is 15.6 Å². The van der Waals surface area contributed by atoms with Crippen molar-refractivity contribution in [3.8, 4) is 0 Å². The molecule has 2 rings (SSSR count). The molecule has 0 bridgehead atoms. The maximum absolute atomic E-state index is 11.7. The zero-order valence-corrected chi connectivity index (χ0v) is 10.8. The van der Waals surface area contributed by atoms with Crippen molar-refractivity contribution in [1.82, 2.24) is 9.55 Å². The Kier molecular flexibility index (Phi) is 5.87. The van der Waals surface area contributed by atoms with Gasteiger partial charge in [-0.25, -0.2) is 4.79 Å². The van der Waals surface area contributed by atoms with Crippen LogP contribution in [0.4, 0.5) is 10.3 Å². The van der Waals surface area contributed by atoms with Crippen LogP contribution in [0.5, 0.6) is 0 Å². The van der Waals surface area contributed by atoms with E-state index in [1.807, 2.05) is 13.8 Å². The van der Waals surface area contributed by atoms with Crippen LogP contribution in [0.1, 0.15) is 26.5 Å². The number of ether oxygens (including phenoxy) is 1. The lowest BCUT2D eigenvalue weighted by Crippen LogP contribution is -2.31. The Morgan fingerprint density at radius 1 is 1.68 bits per heavy atom. The maximum Gasteiger partial charge on any atom is 0.351 e. The van der Waals surface area contributed by atoms with Crippen LogP contribution in [0.3, 0.4) is 0 Å². The normalized spacial score (nSPS) is 25.8. The molecule has 1 fully saturated rings. The highest BCUT2D eigenvalue weighted by Crippen LogP contribution is 2.27. The Morgan fingerprint density at radius 2 is 2.37 bits per heavy atom. The molecule has 7 nitrogen and oxygen atoms in total. The van der Waals surface area contributed by atoms with Crippen LogP contribution in [0.15, 0.2) is 17.1 Å². The number of hydrogen-bond acceptors (Lipinski definition) is 6. The number of hydrogen-bond donors (Lipinski definition) is 2. The van der Waals surface area contributed by atoms with Gasteiger partial charge in [-0.2, -0.15) is 9.93 Å². The molecule has 0 aromatic carbocycles. The van der Waals surface area contributed by atoms with Crippen molar-refractivity contribution >= 4 is 5.82 Å².